The van der Waals surface area contributed by atoms with E-state index in [1.165, 1.54) is 6.07 Å². The molecule has 0 radical (unpaired) electrons. The number of hydrogen-bond donors (Lipinski definition) is 2. The molecular weight excluding hydrogens is 407 g/mol. The van der Waals surface area contributed by atoms with Crippen LogP contribution in [-0.2, 0) is 7.05 Å². The van der Waals surface area contributed by atoms with Crippen molar-refractivity contribution >= 4 is 39.1 Å². The van der Waals surface area contributed by atoms with E-state index < -0.39 is 5.82 Å². The Morgan fingerprint density at radius 3 is 2.70 bits per heavy atom. The number of H-pyrrole nitrogens is 1. The molecule has 2 aromatic heterocycles. The van der Waals surface area contributed by atoms with Gasteiger partial charge in [0.2, 0.25) is 5.88 Å². The summed E-state index contributed by atoms with van der Waals surface area (Å²) in [5.41, 5.74) is 2.11. The number of nitrogens with one attached hydrogen (secondary N) is 2. The van der Waals surface area contributed by atoms with Crippen LogP contribution in [0.15, 0.2) is 30.5 Å². The zero-order valence-corrected chi connectivity index (χ0v) is 17.7. The van der Waals surface area contributed by atoms with E-state index in [4.69, 9.17) is 16.3 Å². The molecule has 1 saturated heterocycles. The molecule has 3 heterocycles. The summed E-state index contributed by atoms with van der Waals surface area (Å²) in [4.78, 5) is 2.31. The van der Waals surface area contributed by atoms with Gasteiger partial charge in [-0.2, -0.15) is 5.10 Å². The average Bonchev–Trinajstić information content (AvgIpc) is 3.24. The summed E-state index contributed by atoms with van der Waals surface area (Å²) in [6.07, 6.45) is 1.74. The monoisotopic (exact) mass is 428 g/mol. The van der Waals surface area contributed by atoms with E-state index in [9.17, 15) is 4.39 Å². The zero-order valence-electron chi connectivity index (χ0n) is 16.9. The van der Waals surface area contributed by atoms with Crippen molar-refractivity contribution in [3.8, 4) is 11.6 Å². The van der Waals surface area contributed by atoms with Crippen molar-refractivity contribution in [1.82, 2.24) is 25.3 Å². The standard InChI is InChI=1S/C21H22ClFN6O/c1-11-8-29(9-12(2)24-11)14-5-16(22)19-18(6-14)25-26-21(19)30-15-4-13-10-28(3)27-20(13)17(23)7-15/h4-7,10-12,24H,8-9H2,1-3H3,(H,25,26). The largest absolute Gasteiger partial charge is 0.437 e. The van der Waals surface area contributed by atoms with Gasteiger partial charge >= 0.3 is 0 Å². The number of aryl methyl sites for hydroxylation is 1. The van der Waals surface area contributed by atoms with Gasteiger partial charge in [-0.3, -0.25) is 9.78 Å². The van der Waals surface area contributed by atoms with Crippen LogP contribution in [0.2, 0.25) is 5.02 Å². The topological polar surface area (TPSA) is 71.0 Å². The lowest BCUT2D eigenvalue weighted by atomic mass is 10.1. The Kier molecular flexibility index (Phi) is 4.56. The molecule has 2 aromatic carbocycles. The number of aromatic nitrogens is 4. The summed E-state index contributed by atoms with van der Waals surface area (Å²) in [5.74, 6) is 0.204. The predicted octanol–water partition coefficient (Wildman–Crippen LogP) is 4.22. The number of anilines is 1. The Bertz CT molecular complexity index is 1240. The van der Waals surface area contributed by atoms with Crippen LogP contribution in [0.1, 0.15) is 13.8 Å². The van der Waals surface area contributed by atoms with E-state index in [1.807, 2.05) is 12.1 Å². The van der Waals surface area contributed by atoms with Gasteiger partial charge in [0.15, 0.2) is 5.82 Å². The molecule has 1 fully saturated rings. The lowest BCUT2D eigenvalue weighted by Crippen LogP contribution is -2.54. The Labute approximate surface area is 177 Å². The normalized spacial score (nSPS) is 19.7. The van der Waals surface area contributed by atoms with Gasteiger partial charge in [-0.25, -0.2) is 4.39 Å². The molecule has 5 rings (SSSR count). The van der Waals surface area contributed by atoms with Crippen molar-refractivity contribution in [2.75, 3.05) is 18.0 Å². The van der Waals surface area contributed by atoms with Gasteiger partial charge in [0, 0.05) is 55.6 Å². The smallest absolute Gasteiger partial charge is 0.247 e. The van der Waals surface area contributed by atoms with Crippen molar-refractivity contribution in [3.63, 3.8) is 0 Å². The third-order valence-electron chi connectivity index (χ3n) is 5.35. The van der Waals surface area contributed by atoms with Gasteiger partial charge in [0.05, 0.1) is 15.9 Å². The third kappa shape index (κ3) is 3.36. The summed E-state index contributed by atoms with van der Waals surface area (Å²) in [7, 11) is 1.75. The molecule has 2 unspecified atom stereocenters. The highest BCUT2D eigenvalue weighted by molar-refractivity contribution is 6.36. The van der Waals surface area contributed by atoms with Gasteiger partial charge < -0.3 is 15.0 Å². The van der Waals surface area contributed by atoms with Gasteiger partial charge in [0.1, 0.15) is 11.3 Å². The Morgan fingerprint density at radius 1 is 1.17 bits per heavy atom. The number of halogens is 2. The first-order chi connectivity index (χ1) is 14.4. The molecule has 1 aliphatic heterocycles. The van der Waals surface area contributed by atoms with Crippen molar-refractivity contribution < 1.29 is 9.13 Å². The lowest BCUT2D eigenvalue weighted by Gasteiger charge is -2.37. The second kappa shape index (κ2) is 7.14. The molecule has 30 heavy (non-hydrogen) atoms. The number of nitrogens with zero attached hydrogens (tertiary/aromatic N) is 4. The number of aromatic amines is 1. The van der Waals surface area contributed by atoms with Crippen LogP contribution in [0, 0.1) is 5.82 Å². The average molecular weight is 429 g/mol. The highest BCUT2D eigenvalue weighted by Crippen LogP contribution is 2.37. The summed E-state index contributed by atoms with van der Waals surface area (Å²) < 4.78 is 21.9. The van der Waals surface area contributed by atoms with Crippen LogP contribution in [-0.4, -0.2) is 45.2 Å². The molecule has 0 saturated carbocycles. The molecule has 0 bridgehead atoms. The fourth-order valence-corrected chi connectivity index (χ4v) is 4.51. The van der Waals surface area contributed by atoms with Crippen molar-refractivity contribution in [2.45, 2.75) is 25.9 Å². The van der Waals surface area contributed by atoms with Crippen molar-refractivity contribution in [1.29, 1.82) is 0 Å². The zero-order chi connectivity index (χ0) is 21.0. The highest BCUT2D eigenvalue weighted by Gasteiger charge is 2.23. The number of benzene rings is 2. The van der Waals surface area contributed by atoms with E-state index in [1.54, 1.807) is 24.0 Å². The maximum absolute atomic E-state index is 14.4. The quantitative estimate of drug-likeness (QED) is 0.511. The molecule has 1 aliphatic rings. The van der Waals surface area contributed by atoms with Crippen LogP contribution < -0.4 is 15.0 Å². The van der Waals surface area contributed by atoms with Crippen LogP contribution in [0.3, 0.4) is 0 Å². The summed E-state index contributed by atoms with van der Waals surface area (Å²) in [5, 5.41) is 16.8. The SMILES string of the molecule is CC1CN(c2cc(Cl)c3c(Oc4cc(F)c5nn(C)cc5c4)n[nH]c3c2)CC(C)N1. The molecule has 7 nitrogen and oxygen atoms in total. The minimum Gasteiger partial charge on any atom is -0.437 e. The lowest BCUT2D eigenvalue weighted by molar-refractivity contribution is 0.407. The molecule has 9 heteroatoms. The van der Waals surface area contributed by atoms with Crippen LogP contribution in [0.4, 0.5) is 10.1 Å². The van der Waals surface area contributed by atoms with Gasteiger partial charge in [0.25, 0.3) is 0 Å². The van der Waals surface area contributed by atoms with Crippen molar-refractivity contribution in [2.24, 2.45) is 7.05 Å². The van der Waals surface area contributed by atoms with Crippen LogP contribution in [0.5, 0.6) is 11.6 Å². The Balaban J connectivity index is 1.49. The number of rotatable bonds is 3. The van der Waals surface area contributed by atoms with Gasteiger partial charge in [-0.1, -0.05) is 11.6 Å². The van der Waals surface area contributed by atoms with Crippen LogP contribution >= 0.6 is 11.6 Å². The predicted molar refractivity (Wildman–Crippen MR) is 116 cm³/mol. The fraction of sp³-hybridized carbons (Fsp3) is 0.333. The summed E-state index contributed by atoms with van der Waals surface area (Å²) in [6.45, 7) is 6.13. The first kappa shape index (κ1) is 19.1. The van der Waals surface area contributed by atoms with E-state index in [2.05, 4.69) is 39.4 Å². The molecule has 4 aromatic rings. The third-order valence-corrected chi connectivity index (χ3v) is 5.65. The summed E-state index contributed by atoms with van der Waals surface area (Å²) >= 11 is 6.63. The number of fused-ring (bicyclic) bond motifs is 2. The van der Waals surface area contributed by atoms with E-state index in [0.717, 1.165) is 24.3 Å². The number of hydrogen-bond acceptors (Lipinski definition) is 5. The minimum absolute atomic E-state index is 0.305. The Morgan fingerprint density at radius 2 is 1.93 bits per heavy atom. The number of ether oxygens (including phenoxy) is 1. The molecule has 0 amide bonds. The van der Waals surface area contributed by atoms with Crippen molar-refractivity contribution in [3.05, 3.63) is 41.3 Å². The molecule has 0 aliphatic carbocycles. The van der Waals surface area contributed by atoms with Gasteiger partial charge in [-0.05, 0) is 32.0 Å². The maximum atomic E-state index is 14.4. The molecule has 2 atom stereocenters. The van der Waals surface area contributed by atoms with Gasteiger partial charge in [-0.15, -0.1) is 5.10 Å². The summed E-state index contributed by atoms with van der Waals surface area (Å²) in [6, 6.07) is 7.78. The van der Waals surface area contributed by atoms with E-state index in [0.29, 0.717) is 45.0 Å². The van der Waals surface area contributed by atoms with E-state index >= 15 is 0 Å². The fourth-order valence-electron chi connectivity index (χ4n) is 4.22. The minimum atomic E-state index is -0.446. The molecular formula is C21H22ClFN6O. The molecule has 0 spiro atoms. The molecule has 156 valence electrons. The second-order valence-electron chi connectivity index (χ2n) is 8.00. The second-order valence-corrected chi connectivity index (χ2v) is 8.41. The maximum Gasteiger partial charge on any atom is 0.247 e. The first-order valence-corrected chi connectivity index (χ1v) is 10.2. The number of piperazine rings is 1. The van der Waals surface area contributed by atoms with E-state index in [-0.39, 0.29) is 0 Å². The highest BCUT2D eigenvalue weighted by atomic mass is 35.5. The Hall–Kier alpha value is -2.84. The van der Waals surface area contributed by atoms with Crippen LogP contribution in [0.25, 0.3) is 21.8 Å². The molecule has 2 N–H and O–H groups in total. The first-order valence-electron chi connectivity index (χ1n) is 9.87.